The number of nitrogens with zero attached hydrogens (tertiary/aromatic N) is 1. The molecule has 2 aromatic rings. The zero-order chi connectivity index (χ0) is 11.4. The normalized spacial score (nSPS) is 9.81. The highest BCUT2D eigenvalue weighted by molar-refractivity contribution is 7.15. The maximum atomic E-state index is 11.4. The van der Waals surface area contributed by atoms with Gasteiger partial charge >= 0.3 is 6.09 Å². The lowest BCUT2D eigenvalue weighted by Crippen LogP contribution is -2.15. The van der Waals surface area contributed by atoms with Gasteiger partial charge in [-0.15, -0.1) is 11.3 Å². The maximum absolute atomic E-state index is 11.4. The molecule has 5 heteroatoms. The lowest BCUT2D eigenvalue weighted by Gasteiger charge is -2.03. The minimum absolute atomic E-state index is 0.505. The van der Waals surface area contributed by atoms with Gasteiger partial charge in [-0.05, 0) is 19.1 Å². The second-order valence-corrected chi connectivity index (χ2v) is 4.31. The molecule has 1 amide bonds. The number of hydrogen-bond acceptors (Lipinski definition) is 4. The van der Waals surface area contributed by atoms with E-state index >= 15 is 0 Å². The van der Waals surface area contributed by atoms with Gasteiger partial charge in [0.15, 0.2) is 0 Å². The van der Waals surface area contributed by atoms with Crippen LogP contribution in [0.15, 0.2) is 36.5 Å². The monoisotopic (exact) mass is 234 g/mol. The van der Waals surface area contributed by atoms with Gasteiger partial charge in [0, 0.05) is 0 Å². The van der Waals surface area contributed by atoms with Crippen LogP contribution in [0.2, 0.25) is 0 Å². The Bertz CT molecular complexity index is 482. The third-order valence-electron chi connectivity index (χ3n) is 1.80. The number of rotatable bonds is 2. The molecule has 2 rings (SSSR count). The van der Waals surface area contributed by atoms with Gasteiger partial charge in [-0.2, -0.15) is 0 Å². The molecule has 0 aliphatic rings. The second-order valence-electron chi connectivity index (χ2n) is 3.07. The van der Waals surface area contributed by atoms with Crippen LogP contribution in [0.25, 0.3) is 0 Å². The highest BCUT2D eigenvalue weighted by Gasteiger charge is 2.06. The first-order valence-corrected chi connectivity index (χ1v) is 5.52. The Kier molecular flexibility index (Phi) is 3.16. The molecular formula is C11H10N2O2S. The maximum Gasteiger partial charge on any atom is 0.417 e. The fourth-order valence-electron chi connectivity index (χ4n) is 1.14. The predicted octanol–water partition coefficient (Wildman–Crippen LogP) is 3.06. The summed E-state index contributed by atoms with van der Waals surface area (Å²) in [5.41, 5.74) is 0. The van der Waals surface area contributed by atoms with Crippen LogP contribution in [0.1, 0.15) is 5.01 Å². The second kappa shape index (κ2) is 4.76. The molecular weight excluding hydrogens is 224 g/mol. The van der Waals surface area contributed by atoms with Crippen LogP contribution in [-0.2, 0) is 0 Å². The van der Waals surface area contributed by atoms with Crippen molar-refractivity contribution in [1.29, 1.82) is 0 Å². The summed E-state index contributed by atoms with van der Waals surface area (Å²) in [4.78, 5) is 15.5. The van der Waals surface area contributed by atoms with Gasteiger partial charge < -0.3 is 4.74 Å². The molecule has 1 aromatic heterocycles. The fourth-order valence-corrected chi connectivity index (χ4v) is 1.80. The zero-order valence-electron chi connectivity index (χ0n) is 8.64. The quantitative estimate of drug-likeness (QED) is 0.868. The summed E-state index contributed by atoms with van der Waals surface area (Å²) in [6, 6.07) is 8.91. The van der Waals surface area contributed by atoms with E-state index in [0.29, 0.717) is 10.8 Å². The molecule has 4 nitrogen and oxygen atoms in total. The number of para-hydroxylation sites is 1. The first kappa shape index (κ1) is 10.6. The molecule has 0 radical (unpaired) electrons. The van der Waals surface area contributed by atoms with E-state index in [-0.39, 0.29) is 0 Å². The number of thiazole rings is 1. The molecule has 0 aliphatic heterocycles. The van der Waals surface area contributed by atoms with Crippen molar-refractivity contribution in [3.8, 4) is 5.75 Å². The zero-order valence-corrected chi connectivity index (χ0v) is 9.45. The molecule has 16 heavy (non-hydrogen) atoms. The molecule has 0 bridgehead atoms. The molecule has 82 valence electrons. The van der Waals surface area contributed by atoms with E-state index in [1.165, 1.54) is 11.3 Å². The molecule has 1 aromatic carbocycles. The van der Waals surface area contributed by atoms with Crippen molar-refractivity contribution in [3.63, 3.8) is 0 Å². The summed E-state index contributed by atoms with van der Waals surface area (Å²) in [5.74, 6) is 0.515. The Hall–Kier alpha value is -1.88. The van der Waals surface area contributed by atoms with Crippen molar-refractivity contribution in [2.75, 3.05) is 5.32 Å². The Labute approximate surface area is 96.9 Å². The van der Waals surface area contributed by atoms with Crippen molar-refractivity contribution < 1.29 is 9.53 Å². The Morgan fingerprint density at radius 2 is 2.12 bits per heavy atom. The van der Waals surface area contributed by atoms with E-state index in [0.717, 1.165) is 5.01 Å². The van der Waals surface area contributed by atoms with E-state index in [2.05, 4.69) is 10.3 Å². The first-order chi connectivity index (χ1) is 7.74. The molecule has 1 N–H and O–H groups in total. The number of amides is 1. The first-order valence-electron chi connectivity index (χ1n) is 4.70. The molecule has 0 atom stereocenters. The Balaban J connectivity index is 1.95. The third kappa shape index (κ3) is 2.80. The summed E-state index contributed by atoms with van der Waals surface area (Å²) in [7, 11) is 0. The van der Waals surface area contributed by atoms with Gasteiger partial charge in [0.1, 0.15) is 10.8 Å². The number of anilines is 1. The van der Waals surface area contributed by atoms with Crippen LogP contribution in [-0.4, -0.2) is 11.1 Å². The minimum atomic E-state index is -0.505. The third-order valence-corrected chi connectivity index (χ3v) is 2.63. The summed E-state index contributed by atoms with van der Waals surface area (Å²) in [6.07, 6.45) is 1.10. The predicted molar refractivity (Wildman–Crippen MR) is 62.9 cm³/mol. The number of ether oxygens (including phenoxy) is 1. The number of aryl methyl sites for hydroxylation is 1. The number of carbonyl (C=O) groups is 1. The molecule has 0 aliphatic carbocycles. The molecule has 0 fully saturated rings. The highest BCUT2D eigenvalue weighted by atomic mass is 32.1. The van der Waals surface area contributed by atoms with Crippen LogP contribution < -0.4 is 10.1 Å². The van der Waals surface area contributed by atoms with Crippen LogP contribution in [0.4, 0.5) is 9.80 Å². The summed E-state index contributed by atoms with van der Waals surface area (Å²) in [6.45, 7) is 1.87. The molecule has 1 heterocycles. The average molecular weight is 234 g/mol. The average Bonchev–Trinajstić information content (AvgIpc) is 2.65. The topological polar surface area (TPSA) is 51.2 Å². The van der Waals surface area contributed by atoms with Crippen molar-refractivity contribution in [1.82, 2.24) is 4.98 Å². The molecule has 0 spiro atoms. The number of aromatic nitrogens is 1. The number of benzene rings is 1. The van der Waals surface area contributed by atoms with Gasteiger partial charge in [-0.1, -0.05) is 18.2 Å². The van der Waals surface area contributed by atoms with Gasteiger partial charge in [0.05, 0.1) is 11.2 Å². The SMILES string of the molecule is Cc1ncc(NC(=O)Oc2ccccc2)s1. The summed E-state index contributed by atoms with van der Waals surface area (Å²) < 4.78 is 5.06. The van der Waals surface area contributed by atoms with Gasteiger partial charge in [-0.25, -0.2) is 9.78 Å². The van der Waals surface area contributed by atoms with E-state index < -0.39 is 6.09 Å². The highest BCUT2D eigenvalue weighted by Crippen LogP contribution is 2.18. The van der Waals surface area contributed by atoms with Crippen LogP contribution >= 0.6 is 11.3 Å². The Morgan fingerprint density at radius 1 is 1.38 bits per heavy atom. The largest absolute Gasteiger partial charge is 0.417 e. The van der Waals surface area contributed by atoms with Crippen molar-refractivity contribution >= 4 is 22.4 Å². The number of nitrogens with one attached hydrogen (secondary N) is 1. The standard InChI is InChI=1S/C11H10N2O2S/c1-8-12-7-10(16-8)13-11(14)15-9-5-3-2-4-6-9/h2-7H,1H3,(H,13,14). The number of carbonyl (C=O) groups excluding carboxylic acids is 1. The van der Waals surface area contributed by atoms with Crippen molar-refractivity contribution in [3.05, 3.63) is 41.5 Å². The Morgan fingerprint density at radius 3 is 2.75 bits per heavy atom. The van der Waals surface area contributed by atoms with Crippen LogP contribution in [0.3, 0.4) is 0 Å². The van der Waals surface area contributed by atoms with Crippen molar-refractivity contribution in [2.45, 2.75) is 6.92 Å². The smallest absolute Gasteiger partial charge is 0.410 e. The summed E-state index contributed by atoms with van der Waals surface area (Å²) in [5, 5.41) is 4.18. The van der Waals surface area contributed by atoms with Gasteiger partial charge in [0.25, 0.3) is 0 Å². The fraction of sp³-hybridized carbons (Fsp3) is 0.0909. The van der Waals surface area contributed by atoms with Crippen LogP contribution in [0, 0.1) is 6.92 Å². The van der Waals surface area contributed by atoms with Crippen LogP contribution in [0.5, 0.6) is 5.75 Å². The van der Waals surface area contributed by atoms with Crippen molar-refractivity contribution in [2.24, 2.45) is 0 Å². The van der Waals surface area contributed by atoms with E-state index in [9.17, 15) is 4.79 Å². The summed E-state index contributed by atoms with van der Waals surface area (Å²) >= 11 is 1.40. The van der Waals surface area contributed by atoms with E-state index in [1.807, 2.05) is 13.0 Å². The van der Waals surface area contributed by atoms with Gasteiger partial charge in [-0.3, -0.25) is 5.32 Å². The lowest BCUT2D eigenvalue weighted by molar-refractivity contribution is 0.215. The molecule has 0 saturated heterocycles. The lowest BCUT2D eigenvalue weighted by atomic mass is 10.3. The van der Waals surface area contributed by atoms with E-state index in [1.54, 1.807) is 30.5 Å². The minimum Gasteiger partial charge on any atom is -0.410 e. The van der Waals surface area contributed by atoms with Gasteiger partial charge in [0.2, 0.25) is 0 Å². The molecule has 0 unspecified atom stereocenters. The van der Waals surface area contributed by atoms with E-state index in [4.69, 9.17) is 4.74 Å². The molecule has 0 saturated carbocycles. The number of hydrogen-bond donors (Lipinski definition) is 1.